The Hall–Kier alpha value is -1.32. The highest BCUT2D eigenvalue weighted by molar-refractivity contribution is 5.77. The molecular formula is C14H20N2O. The molecule has 92 valence electrons. The number of rotatable bonds is 6. The van der Waals surface area contributed by atoms with E-state index in [1.807, 2.05) is 18.2 Å². The molecule has 1 heterocycles. The Kier molecular flexibility index (Phi) is 4.18. The monoisotopic (exact) mass is 232 g/mol. The lowest BCUT2D eigenvalue weighted by molar-refractivity contribution is 0.499. The molecule has 2 rings (SSSR count). The number of benzene rings is 1. The van der Waals surface area contributed by atoms with E-state index in [1.54, 1.807) is 0 Å². The molecule has 0 unspecified atom stereocenters. The SMILES string of the molecule is CC(C)NCCNCc1cc2ccccc2o1. The molecule has 3 heteroatoms. The summed E-state index contributed by atoms with van der Waals surface area (Å²) in [5, 5.41) is 7.90. The maximum atomic E-state index is 5.71. The van der Waals surface area contributed by atoms with Gasteiger partial charge in [-0.1, -0.05) is 32.0 Å². The normalized spacial score (nSPS) is 11.5. The third-order valence-electron chi connectivity index (χ3n) is 2.63. The van der Waals surface area contributed by atoms with Crippen LogP contribution >= 0.6 is 0 Å². The van der Waals surface area contributed by atoms with Crippen LogP contribution < -0.4 is 10.6 Å². The van der Waals surface area contributed by atoms with Crippen molar-refractivity contribution in [1.29, 1.82) is 0 Å². The zero-order valence-corrected chi connectivity index (χ0v) is 10.5. The lowest BCUT2D eigenvalue weighted by atomic mass is 10.2. The van der Waals surface area contributed by atoms with Gasteiger partial charge in [0, 0.05) is 24.5 Å². The van der Waals surface area contributed by atoms with Crippen molar-refractivity contribution in [2.75, 3.05) is 13.1 Å². The topological polar surface area (TPSA) is 37.2 Å². The van der Waals surface area contributed by atoms with E-state index in [1.165, 1.54) is 5.39 Å². The molecule has 1 aromatic carbocycles. The van der Waals surface area contributed by atoms with Gasteiger partial charge < -0.3 is 15.1 Å². The quantitative estimate of drug-likeness (QED) is 0.751. The van der Waals surface area contributed by atoms with Gasteiger partial charge in [0.1, 0.15) is 11.3 Å². The second-order valence-corrected chi connectivity index (χ2v) is 4.54. The maximum Gasteiger partial charge on any atom is 0.134 e. The van der Waals surface area contributed by atoms with Crippen LogP contribution in [0.4, 0.5) is 0 Å². The van der Waals surface area contributed by atoms with Crippen molar-refractivity contribution < 1.29 is 4.42 Å². The molecule has 17 heavy (non-hydrogen) atoms. The molecule has 0 spiro atoms. The van der Waals surface area contributed by atoms with E-state index in [9.17, 15) is 0 Å². The summed E-state index contributed by atoms with van der Waals surface area (Å²) in [5.74, 6) is 0.996. The summed E-state index contributed by atoms with van der Waals surface area (Å²) < 4.78 is 5.71. The highest BCUT2D eigenvalue weighted by Crippen LogP contribution is 2.18. The fourth-order valence-corrected chi connectivity index (χ4v) is 1.78. The van der Waals surface area contributed by atoms with Crippen LogP contribution in [0.3, 0.4) is 0 Å². The first-order valence-corrected chi connectivity index (χ1v) is 6.17. The molecule has 0 amide bonds. The molecule has 0 saturated heterocycles. The van der Waals surface area contributed by atoms with Gasteiger partial charge in [-0.15, -0.1) is 0 Å². The molecule has 1 aromatic heterocycles. The van der Waals surface area contributed by atoms with Gasteiger partial charge in [0.15, 0.2) is 0 Å². The van der Waals surface area contributed by atoms with E-state index in [-0.39, 0.29) is 0 Å². The van der Waals surface area contributed by atoms with Crippen LogP contribution in [-0.4, -0.2) is 19.1 Å². The highest BCUT2D eigenvalue weighted by atomic mass is 16.3. The Bertz CT molecular complexity index is 429. The van der Waals surface area contributed by atoms with E-state index < -0.39 is 0 Å². The zero-order valence-electron chi connectivity index (χ0n) is 10.5. The molecule has 2 aromatic rings. The molecule has 0 aliphatic heterocycles. The average molecular weight is 232 g/mol. The minimum Gasteiger partial charge on any atom is -0.460 e. The van der Waals surface area contributed by atoms with Gasteiger partial charge in [-0.05, 0) is 12.1 Å². The molecule has 0 saturated carbocycles. The van der Waals surface area contributed by atoms with E-state index in [0.29, 0.717) is 6.04 Å². The first-order chi connectivity index (χ1) is 8.25. The molecule has 0 bridgehead atoms. The first kappa shape index (κ1) is 12.1. The number of nitrogens with one attached hydrogen (secondary N) is 2. The predicted octanol–water partition coefficient (Wildman–Crippen LogP) is 2.52. The second kappa shape index (κ2) is 5.84. The standard InChI is InChI=1S/C14H20N2O/c1-11(2)16-8-7-15-10-13-9-12-5-3-4-6-14(12)17-13/h3-6,9,11,15-16H,7-8,10H2,1-2H3. The fraction of sp³-hybridized carbons (Fsp3) is 0.429. The molecule has 0 aliphatic carbocycles. The fourth-order valence-electron chi connectivity index (χ4n) is 1.78. The average Bonchev–Trinajstić information content (AvgIpc) is 2.70. The molecule has 0 fully saturated rings. The van der Waals surface area contributed by atoms with Crippen LogP contribution in [0, 0.1) is 0 Å². The summed E-state index contributed by atoms with van der Waals surface area (Å²) in [6, 6.07) is 10.7. The Labute approximate surface area is 102 Å². The summed E-state index contributed by atoms with van der Waals surface area (Å²) in [4.78, 5) is 0. The van der Waals surface area contributed by atoms with Crippen LogP contribution in [0.25, 0.3) is 11.0 Å². The Balaban J connectivity index is 1.79. The summed E-state index contributed by atoms with van der Waals surface area (Å²) in [5.41, 5.74) is 0.963. The molecular weight excluding hydrogens is 212 g/mol. The second-order valence-electron chi connectivity index (χ2n) is 4.54. The summed E-state index contributed by atoms with van der Waals surface area (Å²) in [7, 11) is 0. The van der Waals surface area contributed by atoms with Gasteiger partial charge in [0.25, 0.3) is 0 Å². The number of para-hydroxylation sites is 1. The lowest BCUT2D eigenvalue weighted by Gasteiger charge is -2.07. The van der Waals surface area contributed by atoms with Gasteiger partial charge in [-0.25, -0.2) is 0 Å². The van der Waals surface area contributed by atoms with Crippen molar-refractivity contribution >= 4 is 11.0 Å². The molecule has 0 aliphatic rings. The maximum absolute atomic E-state index is 5.71. The Morgan fingerprint density at radius 2 is 2.00 bits per heavy atom. The van der Waals surface area contributed by atoms with Crippen molar-refractivity contribution in [3.8, 4) is 0 Å². The summed E-state index contributed by atoms with van der Waals surface area (Å²) >= 11 is 0. The van der Waals surface area contributed by atoms with Crippen LogP contribution in [0.15, 0.2) is 34.7 Å². The van der Waals surface area contributed by atoms with Crippen molar-refractivity contribution in [2.24, 2.45) is 0 Å². The molecule has 0 atom stereocenters. The summed E-state index contributed by atoms with van der Waals surface area (Å²) in [6.07, 6.45) is 0. The van der Waals surface area contributed by atoms with Crippen molar-refractivity contribution in [1.82, 2.24) is 10.6 Å². The van der Waals surface area contributed by atoms with E-state index in [0.717, 1.165) is 31.0 Å². The Morgan fingerprint density at radius 1 is 1.18 bits per heavy atom. The largest absolute Gasteiger partial charge is 0.460 e. The zero-order chi connectivity index (χ0) is 12.1. The van der Waals surface area contributed by atoms with Crippen molar-refractivity contribution in [3.63, 3.8) is 0 Å². The third kappa shape index (κ3) is 3.58. The van der Waals surface area contributed by atoms with Crippen LogP contribution in [0.5, 0.6) is 0 Å². The number of hydrogen-bond donors (Lipinski definition) is 2. The minimum absolute atomic E-state index is 0.544. The van der Waals surface area contributed by atoms with E-state index >= 15 is 0 Å². The minimum atomic E-state index is 0.544. The highest BCUT2D eigenvalue weighted by Gasteiger charge is 2.01. The third-order valence-corrected chi connectivity index (χ3v) is 2.63. The van der Waals surface area contributed by atoms with Crippen LogP contribution in [0.2, 0.25) is 0 Å². The van der Waals surface area contributed by atoms with Gasteiger partial charge in [-0.3, -0.25) is 0 Å². The van der Waals surface area contributed by atoms with Gasteiger partial charge >= 0.3 is 0 Å². The number of hydrogen-bond acceptors (Lipinski definition) is 3. The van der Waals surface area contributed by atoms with Crippen LogP contribution in [0.1, 0.15) is 19.6 Å². The first-order valence-electron chi connectivity index (χ1n) is 6.17. The molecule has 3 nitrogen and oxygen atoms in total. The van der Waals surface area contributed by atoms with E-state index in [4.69, 9.17) is 4.42 Å². The van der Waals surface area contributed by atoms with Gasteiger partial charge in [0.05, 0.1) is 6.54 Å². The van der Waals surface area contributed by atoms with Crippen LogP contribution in [-0.2, 0) is 6.54 Å². The molecule has 0 radical (unpaired) electrons. The van der Waals surface area contributed by atoms with Crippen molar-refractivity contribution in [2.45, 2.75) is 26.4 Å². The number of fused-ring (bicyclic) bond motifs is 1. The predicted molar refractivity (Wildman–Crippen MR) is 71.1 cm³/mol. The summed E-state index contributed by atoms with van der Waals surface area (Å²) in [6.45, 7) is 7.03. The Morgan fingerprint density at radius 3 is 2.76 bits per heavy atom. The lowest BCUT2D eigenvalue weighted by Crippen LogP contribution is -2.31. The molecule has 2 N–H and O–H groups in total. The number of furan rings is 1. The van der Waals surface area contributed by atoms with E-state index in [2.05, 4.69) is 36.6 Å². The van der Waals surface area contributed by atoms with Gasteiger partial charge in [-0.2, -0.15) is 0 Å². The van der Waals surface area contributed by atoms with Crippen molar-refractivity contribution in [3.05, 3.63) is 36.1 Å². The van der Waals surface area contributed by atoms with Gasteiger partial charge in [0.2, 0.25) is 0 Å². The smallest absolute Gasteiger partial charge is 0.134 e.